The number of aliphatic hydroxyl groups is 1. The van der Waals surface area contributed by atoms with Gasteiger partial charge in [0.05, 0.1) is 7.11 Å². The van der Waals surface area contributed by atoms with Crippen molar-refractivity contribution >= 4 is 0 Å². The second kappa shape index (κ2) is 6.76. The Balaban J connectivity index is 1.88. The number of hydrogen-bond donors (Lipinski definition) is 1. The number of benzene rings is 1. The third-order valence-corrected chi connectivity index (χ3v) is 3.79. The van der Waals surface area contributed by atoms with Crippen LogP contribution in [0.15, 0.2) is 24.3 Å². The van der Waals surface area contributed by atoms with Crippen molar-refractivity contribution in [2.45, 2.75) is 25.2 Å². The van der Waals surface area contributed by atoms with Gasteiger partial charge in [-0.05, 0) is 56.0 Å². The first kappa shape index (κ1) is 13.4. The minimum absolute atomic E-state index is 0.301. The first-order valence-electron chi connectivity index (χ1n) is 6.80. The predicted octanol–water partition coefficient (Wildman–Crippen LogP) is 2.26. The number of ether oxygens (including phenoxy) is 1. The molecule has 100 valence electrons. The third kappa shape index (κ3) is 3.47. The van der Waals surface area contributed by atoms with Crippen LogP contribution in [-0.2, 0) is 0 Å². The monoisotopic (exact) mass is 249 g/mol. The first-order valence-corrected chi connectivity index (χ1v) is 6.80. The summed E-state index contributed by atoms with van der Waals surface area (Å²) in [5.41, 5.74) is 1.40. The van der Waals surface area contributed by atoms with E-state index in [1.54, 1.807) is 7.11 Å². The van der Waals surface area contributed by atoms with E-state index in [9.17, 15) is 0 Å². The molecule has 0 aliphatic carbocycles. The average Bonchev–Trinajstić information content (AvgIpc) is 2.46. The second-order valence-electron chi connectivity index (χ2n) is 4.97. The number of aliphatic hydroxyl groups excluding tert-OH is 1. The fourth-order valence-corrected chi connectivity index (χ4v) is 2.68. The van der Waals surface area contributed by atoms with Crippen LogP contribution in [0.5, 0.6) is 5.75 Å². The highest BCUT2D eigenvalue weighted by Crippen LogP contribution is 2.29. The second-order valence-corrected chi connectivity index (χ2v) is 4.97. The Bertz CT molecular complexity index is 359. The minimum Gasteiger partial charge on any atom is -0.497 e. The minimum atomic E-state index is 0.301. The Morgan fingerprint density at radius 1 is 1.33 bits per heavy atom. The molecule has 1 aromatic rings. The first-order chi connectivity index (χ1) is 8.83. The number of nitrogens with zero attached hydrogens (tertiary/aromatic N) is 1. The highest BCUT2D eigenvalue weighted by Gasteiger charge is 2.20. The summed E-state index contributed by atoms with van der Waals surface area (Å²) in [4.78, 5) is 2.45. The van der Waals surface area contributed by atoms with E-state index in [1.165, 1.54) is 18.4 Å². The number of piperidine rings is 1. The van der Waals surface area contributed by atoms with Gasteiger partial charge in [-0.1, -0.05) is 12.1 Å². The summed E-state index contributed by atoms with van der Waals surface area (Å²) >= 11 is 0. The van der Waals surface area contributed by atoms with Crippen molar-refractivity contribution in [3.63, 3.8) is 0 Å². The van der Waals surface area contributed by atoms with Gasteiger partial charge in [-0.15, -0.1) is 0 Å². The molecule has 3 heteroatoms. The van der Waals surface area contributed by atoms with Crippen molar-refractivity contribution < 1.29 is 9.84 Å². The maximum Gasteiger partial charge on any atom is 0.119 e. The average molecular weight is 249 g/mol. The number of likely N-dealkylation sites (tertiary alicyclic amines) is 1. The van der Waals surface area contributed by atoms with Crippen LogP contribution in [0.3, 0.4) is 0 Å². The molecule has 1 saturated heterocycles. The van der Waals surface area contributed by atoms with Crippen LogP contribution >= 0.6 is 0 Å². The van der Waals surface area contributed by atoms with Gasteiger partial charge in [0, 0.05) is 13.2 Å². The van der Waals surface area contributed by atoms with Gasteiger partial charge in [-0.25, -0.2) is 0 Å². The largest absolute Gasteiger partial charge is 0.497 e. The molecule has 1 N–H and O–H groups in total. The van der Waals surface area contributed by atoms with Crippen LogP contribution in [-0.4, -0.2) is 43.4 Å². The Hall–Kier alpha value is -1.06. The van der Waals surface area contributed by atoms with E-state index < -0.39 is 0 Å². The molecule has 0 unspecified atom stereocenters. The molecule has 2 rings (SSSR count). The number of rotatable bonds is 5. The summed E-state index contributed by atoms with van der Waals surface area (Å²) in [5.74, 6) is 1.61. The summed E-state index contributed by atoms with van der Waals surface area (Å²) < 4.78 is 5.28. The van der Waals surface area contributed by atoms with E-state index in [-0.39, 0.29) is 0 Å². The Morgan fingerprint density at radius 3 is 2.78 bits per heavy atom. The number of methoxy groups -OCH3 is 1. The zero-order chi connectivity index (χ0) is 12.8. The quantitative estimate of drug-likeness (QED) is 0.869. The normalized spacial score (nSPS) is 17.9. The molecule has 1 aromatic carbocycles. The summed E-state index contributed by atoms with van der Waals surface area (Å²) in [6, 6.07) is 8.44. The van der Waals surface area contributed by atoms with Crippen LogP contribution in [0.1, 0.15) is 30.7 Å². The summed E-state index contributed by atoms with van der Waals surface area (Å²) in [5, 5.41) is 8.84. The van der Waals surface area contributed by atoms with Crippen LogP contribution in [0, 0.1) is 0 Å². The topological polar surface area (TPSA) is 32.7 Å². The van der Waals surface area contributed by atoms with Crippen molar-refractivity contribution in [3.8, 4) is 5.75 Å². The molecule has 0 amide bonds. The van der Waals surface area contributed by atoms with Gasteiger partial charge in [0.1, 0.15) is 5.75 Å². The summed E-state index contributed by atoms with van der Waals surface area (Å²) in [6.07, 6.45) is 3.31. The lowest BCUT2D eigenvalue weighted by atomic mass is 9.89. The molecule has 1 aliphatic heterocycles. The standard InChI is InChI=1S/C15H23NO2/c1-18-15-5-2-4-14(12-15)13-6-9-16(10-7-13)8-3-11-17/h2,4-5,12-13,17H,3,6-11H2,1H3. The van der Waals surface area contributed by atoms with Gasteiger partial charge in [0.25, 0.3) is 0 Å². The lowest BCUT2D eigenvalue weighted by molar-refractivity contribution is 0.187. The SMILES string of the molecule is COc1cccc(C2CCN(CCCO)CC2)c1. The van der Waals surface area contributed by atoms with E-state index in [4.69, 9.17) is 9.84 Å². The fraction of sp³-hybridized carbons (Fsp3) is 0.600. The van der Waals surface area contributed by atoms with E-state index in [1.807, 2.05) is 6.07 Å². The van der Waals surface area contributed by atoms with Crippen LogP contribution in [0.2, 0.25) is 0 Å². The van der Waals surface area contributed by atoms with Gasteiger partial charge in [0.15, 0.2) is 0 Å². The molecule has 0 radical (unpaired) electrons. The molecule has 18 heavy (non-hydrogen) atoms. The summed E-state index contributed by atoms with van der Waals surface area (Å²) in [6.45, 7) is 3.61. The lowest BCUT2D eigenvalue weighted by Crippen LogP contribution is -2.34. The van der Waals surface area contributed by atoms with Gasteiger partial charge in [-0.2, -0.15) is 0 Å². The Kier molecular flexibility index (Phi) is 5.02. The molecule has 0 atom stereocenters. The molecule has 1 fully saturated rings. The van der Waals surface area contributed by atoms with Crippen molar-refractivity contribution in [2.75, 3.05) is 33.4 Å². The zero-order valence-corrected chi connectivity index (χ0v) is 11.1. The molecule has 0 bridgehead atoms. The van der Waals surface area contributed by atoms with Gasteiger partial charge >= 0.3 is 0 Å². The van der Waals surface area contributed by atoms with Crippen LogP contribution in [0.4, 0.5) is 0 Å². The summed E-state index contributed by atoms with van der Waals surface area (Å²) in [7, 11) is 1.72. The van der Waals surface area contributed by atoms with Crippen molar-refractivity contribution in [1.29, 1.82) is 0 Å². The maximum atomic E-state index is 8.84. The molecule has 3 nitrogen and oxygen atoms in total. The van der Waals surface area contributed by atoms with Crippen molar-refractivity contribution in [3.05, 3.63) is 29.8 Å². The van der Waals surface area contributed by atoms with Gasteiger partial charge in [-0.3, -0.25) is 0 Å². The maximum absolute atomic E-state index is 8.84. The van der Waals surface area contributed by atoms with Crippen LogP contribution < -0.4 is 4.74 Å². The molecule has 1 heterocycles. The Labute approximate surface area is 109 Å². The fourth-order valence-electron chi connectivity index (χ4n) is 2.68. The molecule has 0 spiro atoms. The van der Waals surface area contributed by atoms with Crippen LogP contribution in [0.25, 0.3) is 0 Å². The molecule has 0 aromatic heterocycles. The van der Waals surface area contributed by atoms with Gasteiger partial charge < -0.3 is 14.7 Å². The van der Waals surface area contributed by atoms with E-state index in [2.05, 4.69) is 23.1 Å². The third-order valence-electron chi connectivity index (χ3n) is 3.79. The smallest absolute Gasteiger partial charge is 0.119 e. The lowest BCUT2D eigenvalue weighted by Gasteiger charge is -2.32. The highest BCUT2D eigenvalue weighted by molar-refractivity contribution is 5.31. The molecular weight excluding hydrogens is 226 g/mol. The zero-order valence-electron chi connectivity index (χ0n) is 11.1. The van der Waals surface area contributed by atoms with Crippen molar-refractivity contribution in [2.24, 2.45) is 0 Å². The van der Waals surface area contributed by atoms with E-state index in [0.29, 0.717) is 12.5 Å². The molecular formula is C15H23NO2. The van der Waals surface area contributed by atoms with Crippen molar-refractivity contribution in [1.82, 2.24) is 4.90 Å². The molecule has 1 aliphatic rings. The highest BCUT2D eigenvalue weighted by atomic mass is 16.5. The number of hydrogen-bond acceptors (Lipinski definition) is 3. The Morgan fingerprint density at radius 2 is 2.11 bits per heavy atom. The predicted molar refractivity (Wildman–Crippen MR) is 73.1 cm³/mol. The van der Waals surface area contributed by atoms with Gasteiger partial charge in [0.2, 0.25) is 0 Å². The molecule has 0 saturated carbocycles. The van der Waals surface area contributed by atoms with E-state index in [0.717, 1.165) is 31.8 Å². The van der Waals surface area contributed by atoms with E-state index >= 15 is 0 Å².